The number of nitrogens with zero attached hydrogens (tertiary/aromatic N) is 1. The molecule has 5 heteroatoms. The molecule has 0 atom stereocenters. The summed E-state index contributed by atoms with van der Waals surface area (Å²) in [6, 6.07) is 10.1. The lowest BCUT2D eigenvalue weighted by molar-refractivity contribution is 0.0943. The van der Waals surface area contributed by atoms with Crippen LogP contribution >= 0.6 is 12.4 Å². The maximum atomic E-state index is 12.0. The van der Waals surface area contributed by atoms with E-state index in [4.69, 9.17) is 0 Å². The third-order valence-corrected chi connectivity index (χ3v) is 3.53. The Morgan fingerprint density at radius 2 is 2.10 bits per heavy atom. The Balaban J connectivity index is 0.00000147. The van der Waals surface area contributed by atoms with Gasteiger partial charge in [0.05, 0.1) is 0 Å². The average molecular weight is 292 g/mol. The van der Waals surface area contributed by atoms with Crippen LogP contribution in [0.1, 0.15) is 27.2 Å². The lowest BCUT2D eigenvalue weighted by Gasteiger charge is -2.07. The van der Waals surface area contributed by atoms with Crippen molar-refractivity contribution in [1.82, 2.24) is 15.2 Å². The van der Waals surface area contributed by atoms with Crippen molar-refractivity contribution in [2.45, 2.75) is 19.6 Å². The van der Waals surface area contributed by atoms with Crippen molar-refractivity contribution in [3.05, 3.63) is 58.9 Å². The summed E-state index contributed by atoms with van der Waals surface area (Å²) in [5, 5.41) is 6.27. The van der Waals surface area contributed by atoms with Gasteiger partial charge in [-0.15, -0.1) is 12.4 Å². The fraction of sp³-hybridized carbons (Fsp3) is 0.267. The number of benzene rings is 1. The fourth-order valence-corrected chi connectivity index (χ4v) is 2.43. The van der Waals surface area contributed by atoms with Crippen LogP contribution in [0.2, 0.25) is 0 Å². The first kappa shape index (κ1) is 14.6. The van der Waals surface area contributed by atoms with Crippen LogP contribution < -0.4 is 10.6 Å². The Morgan fingerprint density at radius 3 is 2.85 bits per heavy atom. The molecule has 20 heavy (non-hydrogen) atoms. The fourth-order valence-electron chi connectivity index (χ4n) is 2.43. The van der Waals surface area contributed by atoms with E-state index in [1.807, 2.05) is 29.9 Å². The zero-order chi connectivity index (χ0) is 13.2. The van der Waals surface area contributed by atoms with Crippen LogP contribution in [0.5, 0.6) is 0 Å². The number of rotatable bonds is 3. The smallest absolute Gasteiger partial charge is 0.268 e. The molecule has 1 aromatic carbocycles. The highest BCUT2D eigenvalue weighted by Crippen LogP contribution is 2.17. The third-order valence-electron chi connectivity index (χ3n) is 3.53. The van der Waals surface area contributed by atoms with Gasteiger partial charge in [-0.2, -0.15) is 0 Å². The first-order chi connectivity index (χ1) is 9.24. The molecule has 2 heterocycles. The number of aromatic nitrogens is 1. The van der Waals surface area contributed by atoms with E-state index in [1.54, 1.807) is 0 Å². The van der Waals surface area contributed by atoms with Crippen LogP contribution in [0.15, 0.2) is 36.5 Å². The lowest BCUT2D eigenvalue weighted by atomic mass is 10.1. The third kappa shape index (κ3) is 2.86. The number of hydrogen-bond acceptors (Lipinski definition) is 2. The molecule has 1 amide bonds. The standard InChI is InChI=1S/C15H17N3O.ClH/c1-18-6-2-3-14(18)15(19)17-8-11-4-5-12-9-16-10-13(12)7-11;/h2-7,16H,8-10H2,1H3,(H,17,19);1H. The predicted octanol–water partition coefficient (Wildman–Crippen LogP) is 1.98. The molecule has 106 valence electrons. The van der Waals surface area contributed by atoms with E-state index >= 15 is 0 Å². The number of aryl methyl sites for hydroxylation is 1. The highest BCUT2D eigenvalue weighted by molar-refractivity contribution is 5.92. The summed E-state index contributed by atoms with van der Waals surface area (Å²) in [4.78, 5) is 12.0. The minimum Gasteiger partial charge on any atom is -0.347 e. The van der Waals surface area contributed by atoms with E-state index in [0.29, 0.717) is 12.2 Å². The van der Waals surface area contributed by atoms with Gasteiger partial charge >= 0.3 is 0 Å². The van der Waals surface area contributed by atoms with Gasteiger partial charge in [0, 0.05) is 32.9 Å². The molecule has 0 radical (unpaired) electrons. The second-order valence-electron chi connectivity index (χ2n) is 4.89. The van der Waals surface area contributed by atoms with Gasteiger partial charge in [0.1, 0.15) is 5.69 Å². The average Bonchev–Trinajstić information content (AvgIpc) is 3.03. The van der Waals surface area contributed by atoms with Crippen LogP contribution in [-0.4, -0.2) is 10.5 Å². The molecule has 2 N–H and O–H groups in total. The van der Waals surface area contributed by atoms with E-state index in [2.05, 4.69) is 28.8 Å². The Morgan fingerprint density at radius 1 is 1.30 bits per heavy atom. The molecule has 1 aliphatic heterocycles. The molecular weight excluding hydrogens is 274 g/mol. The minimum atomic E-state index is -0.0360. The van der Waals surface area contributed by atoms with Crippen LogP contribution in [0, 0.1) is 0 Å². The minimum absolute atomic E-state index is 0. The Bertz CT molecular complexity index is 621. The van der Waals surface area contributed by atoms with Gasteiger partial charge in [0.2, 0.25) is 0 Å². The second kappa shape index (κ2) is 6.11. The quantitative estimate of drug-likeness (QED) is 0.908. The molecule has 0 saturated carbocycles. The zero-order valence-electron chi connectivity index (χ0n) is 11.3. The van der Waals surface area contributed by atoms with Gasteiger partial charge in [0.15, 0.2) is 0 Å². The molecule has 0 unspecified atom stereocenters. The molecule has 4 nitrogen and oxygen atoms in total. The molecular formula is C15H18ClN3O. The van der Waals surface area contributed by atoms with E-state index in [0.717, 1.165) is 18.7 Å². The number of nitrogens with one attached hydrogen (secondary N) is 2. The maximum absolute atomic E-state index is 12.0. The number of carbonyl (C=O) groups excluding carboxylic acids is 1. The van der Waals surface area contributed by atoms with Gasteiger partial charge < -0.3 is 15.2 Å². The van der Waals surface area contributed by atoms with E-state index in [-0.39, 0.29) is 18.3 Å². The number of halogens is 1. The first-order valence-electron chi connectivity index (χ1n) is 6.45. The summed E-state index contributed by atoms with van der Waals surface area (Å²) in [5.74, 6) is -0.0360. The van der Waals surface area contributed by atoms with E-state index in [9.17, 15) is 4.79 Å². The van der Waals surface area contributed by atoms with Crippen molar-refractivity contribution in [1.29, 1.82) is 0 Å². The molecule has 0 spiro atoms. The molecule has 0 aliphatic carbocycles. The number of fused-ring (bicyclic) bond motifs is 1. The van der Waals surface area contributed by atoms with Crippen LogP contribution in [0.3, 0.4) is 0 Å². The van der Waals surface area contributed by atoms with Gasteiger partial charge in [0.25, 0.3) is 5.91 Å². The molecule has 3 rings (SSSR count). The van der Waals surface area contributed by atoms with Gasteiger partial charge in [-0.25, -0.2) is 0 Å². The summed E-state index contributed by atoms with van der Waals surface area (Å²) in [6.45, 7) is 2.44. The summed E-state index contributed by atoms with van der Waals surface area (Å²) in [7, 11) is 1.87. The van der Waals surface area contributed by atoms with Crippen molar-refractivity contribution in [2.75, 3.05) is 0 Å². The first-order valence-corrected chi connectivity index (χ1v) is 6.45. The zero-order valence-corrected chi connectivity index (χ0v) is 12.2. The van der Waals surface area contributed by atoms with Crippen LogP contribution in [0.25, 0.3) is 0 Å². The number of hydrogen-bond donors (Lipinski definition) is 2. The molecule has 0 bridgehead atoms. The summed E-state index contributed by atoms with van der Waals surface area (Å²) >= 11 is 0. The summed E-state index contributed by atoms with van der Waals surface area (Å²) in [6.07, 6.45) is 1.87. The maximum Gasteiger partial charge on any atom is 0.268 e. The molecule has 1 aromatic heterocycles. The van der Waals surface area contributed by atoms with E-state index in [1.165, 1.54) is 11.1 Å². The second-order valence-corrected chi connectivity index (χ2v) is 4.89. The molecule has 1 aliphatic rings. The lowest BCUT2D eigenvalue weighted by Crippen LogP contribution is -2.24. The summed E-state index contributed by atoms with van der Waals surface area (Å²) in [5.41, 5.74) is 4.52. The topological polar surface area (TPSA) is 46.1 Å². The number of carbonyl (C=O) groups is 1. The highest BCUT2D eigenvalue weighted by atomic mass is 35.5. The highest BCUT2D eigenvalue weighted by Gasteiger charge is 2.11. The van der Waals surface area contributed by atoms with Crippen LogP contribution in [-0.2, 0) is 26.7 Å². The largest absolute Gasteiger partial charge is 0.347 e. The van der Waals surface area contributed by atoms with Crippen molar-refractivity contribution < 1.29 is 4.79 Å². The summed E-state index contributed by atoms with van der Waals surface area (Å²) < 4.78 is 1.82. The van der Waals surface area contributed by atoms with Crippen molar-refractivity contribution in [3.8, 4) is 0 Å². The van der Waals surface area contributed by atoms with Crippen molar-refractivity contribution >= 4 is 18.3 Å². The molecule has 2 aromatic rings. The molecule has 0 saturated heterocycles. The normalized spacial score (nSPS) is 12.7. The van der Waals surface area contributed by atoms with Crippen molar-refractivity contribution in [3.63, 3.8) is 0 Å². The van der Waals surface area contributed by atoms with Crippen molar-refractivity contribution in [2.24, 2.45) is 7.05 Å². The van der Waals surface area contributed by atoms with Crippen LogP contribution in [0.4, 0.5) is 0 Å². The SMILES string of the molecule is Cl.Cn1cccc1C(=O)NCc1ccc2c(c1)CNC2. The Hall–Kier alpha value is -1.78. The van der Waals surface area contributed by atoms with Gasteiger partial charge in [-0.05, 0) is 28.8 Å². The molecule has 0 fully saturated rings. The monoisotopic (exact) mass is 291 g/mol. The Kier molecular flexibility index (Phi) is 4.47. The predicted molar refractivity (Wildman–Crippen MR) is 80.8 cm³/mol. The van der Waals surface area contributed by atoms with Gasteiger partial charge in [-0.3, -0.25) is 4.79 Å². The van der Waals surface area contributed by atoms with E-state index < -0.39 is 0 Å². The van der Waals surface area contributed by atoms with Gasteiger partial charge in [-0.1, -0.05) is 18.2 Å². The Labute approximate surface area is 124 Å². The number of amides is 1.